The van der Waals surface area contributed by atoms with E-state index in [-0.39, 0.29) is 0 Å². The maximum Gasteiger partial charge on any atom is 0.123 e. The average Bonchev–Trinajstić information content (AvgIpc) is 2.71. The van der Waals surface area contributed by atoms with Crippen LogP contribution in [0.3, 0.4) is 0 Å². The van der Waals surface area contributed by atoms with Gasteiger partial charge in [0.05, 0.1) is 4.34 Å². The fraction of sp³-hybridized carbons (Fsp3) is 0.273. The Morgan fingerprint density at radius 3 is 2.47 bits per heavy atom. The van der Waals surface area contributed by atoms with E-state index in [1.165, 1.54) is 11.3 Å². The summed E-state index contributed by atoms with van der Waals surface area (Å²) in [6, 6.07) is 3.92. The molecule has 0 aliphatic carbocycles. The first-order valence-corrected chi connectivity index (χ1v) is 6.65. The number of halogens is 1. The standard InChI is InChI=1S/C11H11ClOS2/c1-6-3-4-14-10(6)9(13)11-7(2)5-8(12)15-11/h3-5,9,13H,1-2H3. The van der Waals surface area contributed by atoms with E-state index in [4.69, 9.17) is 11.6 Å². The summed E-state index contributed by atoms with van der Waals surface area (Å²) >= 11 is 8.96. The quantitative estimate of drug-likeness (QED) is 0.858. The van der Waals surface area contributed by atoms with Gasteiger partial charge in [-0.3, -0.25) is 0 Å². The third-order valence-electron chi connectivity index (χ3n) is 2.32. The highest BCUT2D eigenvalue weighted by molar-refractivity contribution is 7.16. The lowest BCUT2D eigenvalue weighted by atomic mass is 10.1. The van der Waals surface area contributed by atoms with E-state index in [0.717, 1.165) is 25.2 Å². The minimum Gasteiger partial charge on any atom is -0.382 e. The Balaban J connectivity index is 2.40. The highest BCUT2D eigenvalue weighted by atomic mass is 35.5. The van der Waals surface area contributed by atoms with Crippen molar-refractivity contribution in [3.63, 3.8) is 0 Å². The minimum absolute atomic E-state index is 0.525. The summed E-state index contributed by atoms with van der Waals surface area (Å²) in [6.45, 7) is 3.99. The molecule has 0 fully saturated rings. The maximum atomic E-state index is 10.2. The van der Waals surface area contributed by atoms with E-state index in [0.29, 0.717) is 0 Å². The van der Waals surface area contributed by atoms with Crippen molar-refractivity contribution in [1.82, 2.24) is 0 Å². The number of hydrogen-bond donors (Lipinski definition) is 1. The van der Waals surface area contributed by atoms with Crippen LogP contribution in [-0.2, 0) is 0 Å². The van der Waals surface area contributed by atoms with Crippen molar-refractivity contribution in [2.45, 2.75) is 20.0 Å². The molecule has 0 saturated carbocycles. The number of rotatable bonds is 2. The Labute approximate surface area is 102 Å². The topological polar surface area (TPSA) is 20.2 Å². The van der Waals surface area contributed by atoms with E-state index in [2.05, 4.69) is 0 Å². The van der Waals surface area contributed by atoms with Crippen molar-refractivity contribution in [2.75, 3.05) is 0 Å². The Kier molecular flexibility index (Phi) is 3.16. The van der Waals surface area contributed by atoms with E-state index < -0.39 is 6.10 Å². The van der Waals surface area contributed by atoms with Gasteiger partial charge in [0.1, 0.15) is 6.10 Å². The minimum atomic E-state index is -0.525. The molecule has 2 rings (SSSR count). The van der Waals surface area contributed by atoms with Crippen LogP contribution in [0, 0.1) is 13.8 Å². The van der Waals surface area contributed by atoms with Gasteiger partial charge in [-0.1, -0.05) is 11.6 Å². The van der Waals surface area contributed by atoms with Crippen molar-refractivity contribution in [3.8, 4) is 0 Å². The van der Waals surface area contributed by atoms with Gasteiger partial charge in [-0.05, 0) is 42.5 Å². The fourth-order valence-electron chi connectivity index (χ4n) is 1.51. The maximum absolute atomic E-state index is 10.2. The summed E-state index contributed by atoms with van der Waals surface area (Å²) < 4.78 is 0.732. The van der Waals surface area contributed by atoms with Gasteiger partial charge in [-0.2, -0.15) is 0 Å². The Morgan fingerprint density at radius 2 is 2.00 bits per heavy atom. The van der Waals surface area contributed by atoms with Gasteiger partial charge < -0.3 is 5.11 Å². The molecule has 1 nitrogen and oxygen atoms in total. The first-order valence-electron chi connectivity index (χ1n) is 4.57. The average molecular weight is 259 g/mol. The lowest BCUT2D eigenvalue weighted by Gasteiger charge is -2.08. The van der Waals surface area contributed by atoms with Crippen LogP contribution in [0.2, 0.25) is 4.34 Å². The zero-order valence-corrected chi connectivity index (χ0v) is 10.8. The van der Waals surface area contributed by atoms with Crippen molar-refractivity contribution >= 4 is 34.3 Å². The molecule has 1 unspecified atom stereocenters. The van der Waals surface area contributed by atoms with Gasteiger partial charge in [0.2, 0.25) is 0 Å². The van der Waals surface area contributed by atoms with Crippen LogP contribution in [0.5, 0.6) is 0 Å². The first kappa shape index (κ1) is 11.1. The predicted molar refractivity (Wildman–Crippen MR) is 67.2 cm³/mol. The van der Waals surface area contributed by atoms with Gasteiger partial charge in [-0.25, -0.2) is 0 Å². The predicted octanol–water partition coefficient (Wildman–Crippen LogP) is 4.16. The molecule has 0 aliphatic heterocycles. The molecular weight excluding hydrogens is 248 g/mol. The normalized spacial score (nSPS) is 13.1. The summed E-state index contributed by atoms with van der Waals surface area (Å²) in [6.07, 6.45) is -0.525. The summed E-state index contributed by atoms with van der Waals surface area (Å²) in [7, 11) is 0. The fourth-order valence-corrected chi connectivity index (χ4v) is 3.81. The summed E-state index contributed by atoms with van der Waals surface area (Å²) in [5.74, 6) is 0. The second-order valence-corrected chi connectivity index (χ2v) is 6.13. The molecule has 1 N–H and O–H groups in total. The van der Waals surface area contributed by atoms with Crippen molar-refractivity contribution < 1.29 is 5.11 Å². The molecule has 2 aromatic heterocycles. The van der Waals surface area contributed by atoms with Crippen LogP contribution in [0.25, 0.3) is 0 Å². The van der Waals surface area contributed by atoms with Crippen molar-refractivity contribution in [1.29, 1.82) is 0 Å². The first-order chi connectivity index (χ1) is 7.09. The molecular formula is C11H11ClOS2. The third-order valence-corrected chi connectivity index (χ3v) is 4.81. The number of thiophene rings is 2. The lowest BCUT2D eigenvalue weighted by molar-refractivity contribution is 0.226. The van der Waals surface area contributed by atoms with Crippen LogP contribution in [0.4, 0.5) is 0 Å². The number of aliphatic hydroxyl groups excluding tert-OH is 1. The third kappa shape index (κ3) is 2.11. The molecule has 0 amide bonds. The summed E-state index contributed by atoms with van der Waals surface area (Å²) in [5, 5.41) is 12.2. The SMILES string of the molecule is Cc1ccsc1C(O)c1sc(Cl)cc1C. The van der Waals surface area contributed by atoms with Gasteiger partial charge in [0.25, 0.3) is 0 Å². The van der Waals surface area contributed by atoms with Crippen molar-refractivity contribution in [2.24, 2.45) is 0 Å². The molecule has 2 aromatic rings. The largest absolute Gasteiger partial charge is 0.382 e. The molecule has 4 heteroatoms. The second-order valence-electron chi connectivity index (χ2n) is 3.47. The Morgan fingerprint density at radius 1 is 1.27 bits per heavy atom. The zero-order valence-electron chi connectivity index (χ0n) is 8.45. The molecule has 0 bridgehead atoms. The highest BCUT2D eigenvalue weighted by Crippen LogP contribution is 2.37. The molecule has 0 saturated heterocycles. The van der Waals surface area contributed by atoms with Crippen LogP contribution in [0.15, 0.2) is 17.5 Å². The van der Waals surface area contributed by atoms with Crippen LogP contribution >= 0.6 is 34.3 Å². The second kappa shape index (κ2) is 4.26. The molecule has 80 valence electrons. The molecule has 0 aliphatic rings. The van der Waals surface area contributed by atoms with Crippen LogP contribution in [-0.4, -0.2) is 5.11 Å². The highest BCUT2D eigenvalue weighted by Gasteiger charge is 2.18. The Bertz CT molecular complexity index is 473. The monoisotopic (exact) mass is 258 g/mol. The zero-order chi connectivity index (χ0) is 11.0. The molecule has 2 heterocycles. The Hall–Kier alpha value is -0.350. The van der Waals surface area contributed by atoms with E-state index >= 15 is 0 Å². The summed E-state index contributed by atoms with van der Waals surface area (Å²) in [4.78, 5) is 1.96. The van der Waals surface area contributed by atoms with Gasteiger partial charge in [0, 0.05) is 9.75 Å². The smallest absolute Gasteiger partial charge is 0.123 e. The molecule has 15 heavy (non-hydrogen) atoms. The molecule has 0 aromatic carbocycles. The molecule has 0 radical (unpaired) electrons. The van der Waals surface area contributed by atoms with Crippen LogP contribution < -0.4 is 0 Å². The lowest BCUT2D eigenvalue weighted by Crippen LogP contribution is -1.97. The van der Waals surface area contributed by atoms with E-state index in [9.17, 15) is 5.11 Å². The van der Waals surface area contributed by atoms with Gasteiger partial charge >= 0.3 is 0 Å². The van der Waals surface area contributed by atoms with Gasteiger partial charge in [-0.15, -0.1) is 22.7 Å². The van der Waals surface area contributed by atoms with E-state index in [1.54, 1.807) is 11.3 Å². The van der Waals surface area contributed by atoms with Crippen molar-refractivity contribution in [3.05, 3.63) is 42.7 Å². The van der Waals surface area contributed by atoms with Crippen LogP contribution in [0.1, 0.15) is 27.0 Å². The molecule has 0 spiro atoms. The summed E-state index contributed by atoms with van der Waals surface area (Å²) in [5.41, 5.74) is 2.20. The molecule has 1 atom stereocenters. The van der Waals surface area contributed by atoms with E-state index in [1.807, 2.05) is 31.4 Å². The number of aryl methyl sites for hydroxylation is 2. The van der Waals surface area contributed by atoms with Gasteiger partial charge in [0.15, 0.2) is 0 Å². The number of hydrogen-bond acceptors (Lipinski definition) is 3. The number of aliphatic hydroxyl groups is 1.